The molecule has 1 saturated heterocycles. The van der Waals surface area contributed by atoms with Crippen molar-refractivity contribution in [2.75, 3.05) is 33.9 Å². The third-order valence-electron chi connectivity index (χ3n) is 5.12. The Morgan fingerprint density at radius 2 is 2.14 bits per heavy atom. The number of nitrogens with one attached hydrogen (secondary N) is 1. The Morgan fingerprint density at radius 1 is 1.32 bits per heavy atom. The van der Waals surface area contributed by atoms with Crippen molar-refractivity contribution in [1.29, 1.82) is 0 Å². The molecular formula is C21H28N4O3. The van der Waals surface area contributed by atoms with Crippen LogP contribution in [0.2, 0.25) is 0 Å². The minimum atomic E-state index is -0.183. The number of aromatic nitrogens is 2. The van der Waals surface area contributed by atoms with Gasteiger partial charge in [0.2, 0.25) is 0 Å². The quantitative estimate of drug-likeness (QED) is 0.754. The van der Waals surface area contributed by atoms with E-state index in [1.807, 2.05) is 31.2 Å². The molecule has 150 valence electrons. The van der Waals surface area contributed by atoms with Crippen molar-refractivity contribution >= 4 is 5.91 Å². The van der Waals surface area contributed by atoms with Gasteiger partial charge < -0.3 is 14.8 Å². The number of rotatable bonds is 8. The standard InChI is InChI=1S/C21H28N4O3/c1-15-17(21(26)23-13-16-7-4-5-9-19(16)28-3)14-22-20(24-15)18-8-6-10-25(18)11-12-27-2/h4-5,7,9,14,18H,6,8,10-13H2,1-3H3,(H,23,26). The molecule has 7 nitrogen and oxygen atoms in total. The number of hydrogen-bond donors (Lipinski definition) is 1. The van der Waals surface area contributed by atoms with Crippen molar-refractivity contribution in [3.8, 4) is 5.75 Å². The lowest BCUT2D eigenvalue weighted by atomic mass is 10.1. The molecule has 3 rings (SSSR count). The Bertz CT molecular complexity index is 812. The zero-order chi connectivity index (χ0) is 19.9. The predicted molar refractivity (Wildman–Crippen MR) is 106 cm³/mol. The molecule has 0 radical (unpaired) electrons. The number of amides is 1. The summed E-state index contributed by atoms with van der Waals surface area (Å²) >= 11 is 0. The molecule has 1 atom stereocenters. The van der Waals surface area contributed by atoms with Crippen LogP contribution in [0.25, 0.3) is 0 Å². The lowest BCUT2D eigenvalue weighted by Gasteiger charge is -2.23. The number of carbonyl (C=O) groups excluding carboxylic acids is 1. The summed E-state index contributed by atoms with van der Waals surface area (Å²) in [5.41, 5.74) is 2.12. The lowest BCUT2D eigenvalue weighted by Crippen LogP contribution is -2.29. The number of methoxy groups -OCH3 is 2. The van der Waals surface area contributed by atoms with E-state index in [0.717, 1.165) is 43.1 Å². The van der Waals surface area contributed by atoms with Gasteiger partial charge in [-0.1, -0.05) is 18.2 Å². The highest BCUT2D eigenvalue weighted by Gasteiger charge is 2.28. The Labute approximate surface area is 166 Å². The van der Waals surface area contributed by atoms with Crippen molar-refractivity contribution in [2.45, 2.75) is 32.4 Å². The number of aryl methyl sites for hydroxylation is 1. The zero-order valence-corrected chi connectivity index (χ0v) is 16.8. The van der Waals surface area contributed by atoms with E-state index in [0.29, 0.717) is 24.4 Å². The van der Waals surface area contributed by atoms with E-state index >= 15 is 0 Å². The van der Waals surface area contributed by atoms with Gasteiger partial charge in [0, 0.05) is 32.0 Å². The number of para-hydroxylation sites is 1. The molecule has 0 saturated carbocycles. The molecule has 1 aromatic carbocycles. The van der Waals surface area contributed by atoms with Crippen molar-refractivity contribution in [2.24, 2.45) is 0 Å². The van der Waals surface area contributed by atoms with E-state index in [1.54, 1.807) is 20.4 Å². The average Bonchev–Trinajstić information content (AvgIpc) is 3.19. The van der Waals surface area contributed by atoms with Crippen LogP contribution in [0.1, 0.15) is 46.3 Å². The Morgan fingerprint density at radius 3 is 2.89 bits per heavy atom. The van der Waals surface area contributed by atoms with Crippen LogP contribution in [0.15, 0.2) is 30.5 Å². The van der Waals surface area contributed by atoms with Gasteiger partial charge in [0.05, 0.1) is 31.0 Å². The summed E-state index contributed by atoms with van der Waals surface area (Å²) in [6, 6.07) is 7.82. The highest BCUT2D eigenvalue weighted by Crippen LogP contribution is 2.29. The zero-order valence-electron chi connectivity index (χ0n) is 16.8. The summed E-state index contributed by atoms with van der Waals surface area (Å²) in [6.07, 6.45) is 3.79. The Hall–Kier alpha value is -2.51. The van der Waals surface area contributed by atoms with Gasteiger partial charge in [-0.15, -0.1) is 0 Å². The van der Waals surface area contributed by atoms with Crippen molar-refractivity contribution < 1.29 is 14.3 Å². The molecule has 0 spiro atoms. The second-order valence-corrected chi connectivity index (χ2v) is 6.91. The first-order chi connectivity index (χ1) is 13.6. The normalized spacial score (nSPS) is 16.9. The van der Waals surface area contributed by atoms with E-state index in [4.69, 9.17) is 9.47 Å². The summed E-state index contributed by atoms with van der Waals surface area (Å²) < 4.78 is 10.5. The summed E-state index contributed by atoms with van der Waals surface area (Å²) in [7, 11) is 3.33. The molecule has 28 heavy (non-hydrogen) atoms. The van der Waals surface area contributed by atoms with Gasteiger partial charge in [-0.05, 0) is 32.4 Å². The number of hydrogen-bond acceptors (Lipinski definition) is 6. The molecule has 1 aromatic heterocycles. The lowest BCUT2D eigenvalue weighted by molar-refractivity contribution is 0.0949. The molecule has 1 unspecified atom stereocenters. The number of carbonyl (C=O) groups is 1. The van der Waals surface area contributed by atoms with Gasteiger partial charge in [0.1, 0.15) is 11.6 Å². The number of nitrogens with zero attached hydrogens (tertiary/aromatic N) is 3. The highest BCUT2D eigenvalue weighted by molar-refractivity contribution is 5.94. The Balaban J connectivity index is 1.67. The van der Waals surface area contributed by atoms with E-state index in [-0.39, 0.29) is 11.9 Å². The van der Waals surface area contributed by atoms with Gasteiger partial charge in [-0.3, -0.25) is 9.69 Å². The SMILES string of the molecule is COCCN1CCCC1c1ncc(C(=O)NCc2ccccc2OC)c(C)n1. The van der Waals surface area contributed by atoms with Gasteiger partial charge in [-0.25, -0.2) is 9.97 Å². The Kier molecular flexibility index (Phi) is 6.95. The third-order valence-corrected chi connectivity index (χ3v) is 5.12. The van der Waals surface area contributed by atoms with E-state index < -0.39 is 0 Å². The fourth-order valence-corrected chi connectivity index (χ4v) is 3.58. The fraction of sp³-hybridized carbons (Fsp3) is 0.476. The van der Waals surface area contributed by atoms with Gasteiger partial charge in [0.25, 0.3) is 5.91 Å². The van der Waals surface area contributed by atoms with Gasteiger partial charge >= 0.3 is 0 Å². The number of likely N-dealkylation sites (tertiary alicyclic amines) is 1. The number of benzene rings is 1. The summed E-state index contributed by atoms with van der Waals surface area (Å²) in [6.45, 7) is 4.83. The van der Waals surface area contributed by atoms with Crippen LogP contribution in [0.5, 0.6) is 5.75 Å². The molecule has 1 aliphatic heterocycles. The van der Waals surface area contributed by atoms with Crippen LogP contribution in [0.3, 0.4) is 0 Å². The molecule has 7 heteroatoms. The van der Waals surface area contributed by atoms with Gasteiger partial charge in [-0.2, -0.15) is 0 Å². The first kappa shape index (κ1) is 20.2. The van der Waals surface area contributed by atoms with Crippen molar-refractivity contribution in [1.82, 2.24) is 20.2 Å². The highest BCUT2D eigenvalue weighted by atomic mass is 16.5. The summed E-state index contributed by atoms with van der Waals surface area (Å²) in [5, 5.41) is 2.93. The first-order valence-corrected chi connectivity index (χ1v) is 9.60. The second-order valence-electron chi connectivity index (χ2n) is 6.91. The van der Waals surface area contributed by atoms with E-state index in [2.05, 4.69) is 20.2 Å². The molecule has 0 aliphatic carbocycles. The topological polar surface area (TPSA) is 76.6 Å². The molecular weight excluding hydrogens is 356 g/mol. The predicted octanol–water partition coefficient (Wildman–Crippen LogP) is 2.51. The smallest absolute Gasteiger partial charge is 0.254 e. The summed E-state index contributed by atoms with van der Waals surface area (Å²) in [4.78, 5) is 24.1. The minimum Gasteiger partial charge on any atom is -0.496 e. The fourth-order valence-electron chi connectivity index (χ4n) is 3.58. The van der Waals surface area contributed by atoms with Gasteiger partial charge in [0.15, 0.2) is 0 Å². The van der Waals surface area contributed by atoms with Crippen LogP contribution >= 0.6 is 0 Å². The summed E-state index contributed by atoms with van der Waals surface area (Å²) in [5.74, 6) is 1.36. The maximum absolute atomic E-state index is 12.6. The van der Waals surface area contributed by atoms with E-state index in [9.17, 15) is 4.79 Å². The maximum Gasteiger partial charge on any atom is 0.254 e. The first-order valence-electron chi connectivity index (χ1n) is 9.60. The number of ether oxygens (including phenoxy) is 2. The van der Waals surface area contributed by atoms with Crippen LogP contribution in [0.4, 0.5) is 0 Å². The maximum atomic E-state index is 12.6. The largest absolute Gasteiger partial charge is 0.496 e. The van der Waals surface area contributed by atoms with Crippen LogP contribution < -0.4 is 10.1 Å². The molecule has 1 amide bonds. The molecule has 0 bridgehead atoms. The van der Waals surface area contributed by atoms with Crippen molar-refractivity contribution in [3.05, 3.63) is 53.1 Å². The minimum absolute atomic E-state index is 0.183. The van der Waals surface area contributed by atoms with Crippen LogP contribution in [-0.4, -0.2) is 54.7 Å². The molecule has 2 aromatic rings. The average molecular weight is 384 g/mol. The molecule has 1 N–H and O–H groups in total. The van der Waals surface area contributed by atoms with E-state index in [1.165, 1.54) is 0 Å². The molecule has 1 fully saturated rings. The van der Waals surface area contributed by atoms with Crippen LogP contribution in [0, 0.1) is 6.92 Å². The monoisotopic (exact) mass is 384 g/mol. The van der Waals surface area contributed by atoms with Crippen molar-refractivity contribution in [3.63, 3.8) is 0 Å². The molecule has 2 heterocycles. The molecule has 1 aliphatic rings. The third kappa shape index (κ3) is 4.66. The second kappa shape index (κ2) is 9.61. The van der Waals surface area contributed by atoms with Crippen LogP contribution in [-0.2, 0) is 11.3 Å².